The first-order valence-electron chi connectivity index (χ1n) is 8.06. The molecule has 1 saturated heterocycles. The van der Waals surface area contributed by atoms with Crippen LogP contribution in [0.25, 0.3) is 0 Å². The Morgan fingerprint density at radius 3 is 3.04 bits per heavy atom. The van der Waals surface area contributed by atoms with Crippen LogP contribution in [0.4, 0.5) is 0 Å². The van der Waals surface area contributed by atoms with Crippen molar-refractivity contribution in [1.82, 2.24) is 20.1 Å². The summed E-state index contributed by atoms with van der Waals surface area (Å²) in [6, 6.07) is 7.88. The lowest BCUT2D eigenvalue weighted by Crippen LogP contribution is -2.39. The van der Waals surface area contributed by atoms with E-state index in [1.807, 2.05) is 29.2 Å². The van der Waals surface area contributed by atoms with Gasteiger partial charge in [0.25, 0.3) is 0 Å². The molecular weight excluding hydrogens is 292 g/mol. The fourth-order valence-electron chi connectivity index (χ4n) is 3.18. The van der Waals surface area contributed by atoms with Gasteiger partial charge in [-0.05, 0) is 37.3 Å². The first kappa shape index (κ1) is 15.5. The number of rotatable bonds is 5. The predicted molar refractivity (Wildman–Crippen MR) is 86.0 cm³/mol. The maximum absolute atomic E-state index is 12.7. The number of piperidine rings is 1. The number of ether oxygens (including phenoxy) is 1. The third-order valence-corrected chi connectivity index (χ3v) is 4.37. The Bertz CT molecular complexity index is 642. The number of hydrogen-bond donors (Lipinski definition) is 1. The largest absolute Gasteiger partial charge is 0.496 e. The van der Waals surface area contributed by atoms with Crippen molar-refractivity contribution >= 4 is 5.91 Å². The average Bonchev–Trinajstić information content (AvgIpc) is 3.14. The Morgan fingerprint density at radius 1 is 1.39 bits per heavy atom. The van der Waals surface area contributed by atoms with Crippen LogP contribution >= 0.6 is 0 Å². The molecule has 0 spiro atoms. The maximum Gasteiger partial charge on any atom is 0.223 e. The van der Waals surface area contributed by atoms with Gasteiger partial charge in [-0.25, -0.2) is 4.98 Å². The minimum atomic E-state index is 0.0245. The highest BCUT2D eigenvalue weighted by molar-refractivity contribution is 5.77. The number of para-hydroxylation sites is 1. The second kappa shape index (κ2) is 7.26. The standard InChI is InChI=1S/C17H22N4O2/c1-23-15-8-3-2-6-13(15)9-10-16(22)21-11-5-4-7-14(21)17-18-12-19-20-17/h2-3,6,8,12,14H,4-5,7,9-11H2,1H3,(H,18,19,20)/t14-/m1/s1. The molecule has 122 valence electrons. The van der Waals surface area contributed by atoms with Gasteiger partial charge in [0.1, 0.15) is 17.9 Å². The molecule has 2 heterocycles. The van der Waals surface area contributed by atoms with Crippen molar-refractivity contribution in [1.29, 1.82) is 0 Å². The van der Waals surface area contributed by atoms with Crippen molar-refractivity contribution in [2.45, 2.75) is 38.1 Å². The number of H-pyrrole nitrogens is 1. The van der Waals surface area contributed by atoms with Gasteiger partial charge in [0.05, 0.1) is 13.2 Å². The van der Waals surface area contributed by atoms with Crippen LogP contribution < -0.4 is 4.74 Å². The van der Waals surface area contributed by atoms with Gasteiger partial charge < -0.3 is 9.64 Å². The Labute approximate surface area is 135 Å². The van der Waals surface area contributed by atoms with E-state index in [4.69, 9.17) is 4.74 Å². The average molecular weight is 314 g/mol. The molecule has 0 saturated carbocycles. The highest BCUT2D eigenvalue weighted by Crippen LogP contribution is 2.29. The Morgan fingerprint density at radius 2 is 2.26 bits per heavy atom. The molecule has 0 aliphatic carbocycles. The van der Waals surface area contributed by atoms with E-state index < -0.39 is 0 Å². The molecule has 6 heteroatoms. The minimum Gasteiger partial charge on any atom is -0.496 e. The second-order valence-electron chi connectivity index (χ2n) is 5.78. The van der Waals surface area contributed by atoms with E-state index in [9.17, 15) is 4.79 Å². The summed E-state index contributed by atoms with van der Waals surface area (Å²) in [6.45, 7) is 0.788. The number of nitrogens with zero attached hydrogens (tertiary/aromatic N) is 3. The highest BCUT2D eigenvalue weighted by atomic mass is 16.5. The van der Waals surface area contributed by atoms with Crippen molar-refractivity contribution in [3.63, 3.8) is 0 Å². The first-order valence-corrected chi connectivity index (χ1v) is 8.06. The molecule has 1 aromatic heterocycles. The van der Waals surface area contributed by atoms with Gasteiger partial charge in [0, 0.05) is 13.0 Å². The van der Waals surface area contributed by atoms with Gasteiger partial charge in [-0.2, -0.15) is 5.10 Å². The van der Waals surface area contributed by atoms with Gasteiger partial charge in [-0.15, -0.1) is 0 Å². The molecule has 2 aromatic rings. The van der Waals surface area contributed by atoms with Crippen LogP contribution in [0.5, 0.6) is 5.75 Å². The zero-order valence-electron chi connectivity index (χ0n) is 13.4. The topological polar surface area (TPSA) is 71.1 Å². The molecule has 1 N–H and O–H groups in total. The summed E-state index contributed by atoms with van der Waals surface area (Å²) >= 11 is 0. The summed E-state index contributed by atoms with van der Waals surface area (Å²) in [4.78, 5) is 18.9. The third kappa shape index (κ3) is 3.52. The quantitative estimate of drug-likeness (QED) is 0.920. The number of nitrogens with one attached hydrogen (secondary N) is 1. The molecule has 23 heavy (non-hydrogen) atoms. The monoisotopic (exact) mass is 314 g/mol. The summed E-state index contributed by atoms with van der Waals surface area (Å²) in [5.74, 6) is 1.79. The first-order chi connectivity index (χ1) is 11.3. The summed E-state index contributed by atoms with van der Waals surface area (Å²) in [5.41, 5.74) is 1.07. The lowest BCUT2D eigenvalue weighted by molar-refractivity contribution is -0.135. The number of aromatic amines is 1. The van der Waals surface area contributed by atoms with Gasteiger partial charge in [0.15, 0.2) is 0 Å². The van der Waals surface area contributed by atoms with Crippen molar-refractivity contribution in [3.8, 4) is 5.75 Å². The lowest BCUT2D eigenvalue weighted by Gasteiger charge is -2.34. The number of carbonyl (C=O) groups excluding carboxylic acids is 1. The molecule has 1 aliphatic heterocycles. The van der Waals surface area contributed by atoms with E-state index in [1.54, 1.807) is 7.11 Å². The normalized spacial score (nSPS) is 18.0. The molecule has 1 aliphatic rings. The van der Waals surface area contributed by atoms with Gasteiger partial charge in [-0.1, -0.05) is 18.2 Å². The third-order valence-electron chi connectivity index (χ3n) is 4.37. The molecule has 1 fully saturated rings. The van der Waals surface area contributed by atoms with Crippen molar-refractivity contribution in [2.24, 2.45) is 0 Å². The van der Waals surface area contributed by atoms with E-state index in [0.717, 1.165) is 42.9 Å². The molecule has 3 rings (SSSR count). The molecule has 0 unspecified atom stereocenters. The zero-order valence-corrected chi connectivity index (χ0v) is 13.4. The number of hydrogen-bond acceptors (Lipinski definition) is 4. The smallest absolute Gasteiger partial charge is 0.223 e. The van der Waals surface area contributed by atoms with Gasteiger partial charge in [0.2, 0.25) is 5.91 Å². The zero-order chi connectivity index (χ0) is 16.1. The Kier molecular flexibility index (Phi) is 4.90. The number of methoxy groups -OCH3 is 1. The molecule has 1 atom stereocenters. The number of aromatic nitrogens is 3. The van der Waals surface area contributed by atoms with Crippen molar-refractivity contribution < 1.29 is 9.53 Å². The van der Waals surface area contributed by atoms with Crippen LogP contribution in [0.15, 0.2) is 30.6 Å². The van der Waals surface area contributed by atoms with Crippen LogP contribution in [-0.4, -0.2) is 39.6 Å². The predicted octanol–water partition coefficient (Wildman–Crippen LogP) is 2.50. The molecule has 1 aromatic carbocycles. The Hall–Kier alpha value is -2.37. The summed E-state index contributed by atoms with van der Waals surface area (Å²) < 4.78 is 5.35. The van der Waals surface area contributed by atoms with E-state index in [2.05, 4.69) is 15.2 Å². The number of amides is 1. The van der Waals surface area contributed by atoms with Crippen LogP contribution in [0.3, 0.4) is 0 Å². The molecule has 0 bridgehead atoms. The van der Waals surface area contributed by atoms with E-state index in [-0.39, 0.29) is 11.9 Å². The molecular formula is C17H22N4O2. The summed E-state index contributed by atoms with van der Waals surface area (Å²) in [6.07, 6.45) is 5.76. The van der Waals surface area contributed by atoms with E-state index in [1.165, 1.54) is 6.33 Å². The molecule has 0 radical (unpaired) electrons. The van der Waals surface area contributed by atoms with Crippen LogP contribution in [0.1, 0.15) is 43.1 Å². The molecule has 6 nitrogen and oxygen atoms in total. The number of benzene rings is 1. The Balaban J connectivity index is 1.66. The van der Waals surface area contributed by atoms with Gasteiger partial charge >= 0.3 is 0 Å². The van der Waals surface area contributed by atoms with Crippen LogP contribution in [0, 0.1) is 0 Å². The van der Waals surface area contributed by atoms with Crippen LogP contribution in [-0.2, 0) is 11.2 Å². The minimum absolute atomic E-state index is 0.0245. The number of carbonyl (C=O) groups is 1. The van der Waals surface area contributed by atoms with Crippen molar-refractivity contribution in [3.05, 3.63) is 42.0 Å². The maximum atomic E-state index is 12.7. The summed E-state index contributed by atoms with van der Waals surface area (Å²) in [5, 5.41) is 6.83. The van der Waals surface area contributed by atoms with E-state index in [0.29, 0.717) is 12.8 Å². The summed E-state index contributed by atoms with van der Waals surface area (Å²) in [7, 11) is 1.66. The fourth-order valence-corrected chi connectivity index (χ4v) is 3.18. The lowest BCUT2D eigenvalue weighted by atomic mass is 10.00. The second-order valence-corrected chi connectivity index (χ2v) is 5.78. The number of aryl methyl sites for hydroxylation is 1. The van der Waals surface area contributed by atoms with Crippen molar-refractivity contribution in [2.75, 3.05) is 13.7 Å². The van der Waals surface area contributed by atoms with Gasteiger partial charge in [-0.3, -0.25) is 9.89 Å². The fraction of sp³-hybridized carbons (Fsp3) is 0.471. The molecule has 1 amide bonds. The number of likely N-dealkylation sites (tertiary alicyclic amines) is 1. The van der Waals surface area contributed by atoms with E-state index >= 15 is 0 Å². The van der Waals surface area contributed by atoms with Crippen LogP contribution in [0.2, 0.25) is 0 Å². The highest BCUT2D eigenvalue weighted by Gasteiger charge is 2.29. The SMILES string of the molecule is COc1ccccc1CCC(=O)N1CCCC[C@@H]1c1ncn[nH]1.